The zero-order chi connectivity index (χ0) is 13.1. The molecule has 0 radical (unpaired) electrons. The van der Waals surface area contributed by atoms with Gasteiger partial charge in [-0.3, -0.25) is 4.79 Å². The van der Waals surface area contributed by atoms with Crippen molar-refractivity contribution in [1.29, 1.82) is 0 Å². The number of hydrogen-bond acceptors (Lipinski definition) is 5. The highest BCUT2D eigenvalue weighted by Gasteiger charge is 2.17. The van der Waals surface area contributed by atoms with Crippen LogP contribution < -0.4 is 0 Å². The van der Waals surface area contributed by atoms with Crippen LogP contribution in [0.4, 0.5) is 0 Å². The molecule has 6 heteroatoms. The minimum Gasteiger partial charge on any atom is -0.351 e. The summed E-state index contributed by atoms with van der Waals surface area (Å²) >= 11 is 1.62. The van der Waals surface area contributed by atoms with E-state index in [0.717, 1.165) is 10.7 Å². The van der Waals surface area contributed by atoms with Gasteiger partial charge in [-0.1, -0.05) is 19.0 Å². The van der Waals surface area contributed by atoms with Gasteiger partial charge < -0.3 is 9.42 Å². The van der Waals surface area contributed by atoms with E-state index in [2.05, 4.69) is 24.0 Å². The maximum absolute atomic E-state index is 11.9. The van der Waals surface area contributed by atoms with Crippen molar-refractivity contribution >= 4 is 17.2 Å². The van der Waals surface area contributed by atoms with Gasteiger partial charge in [-0.25, -0.2) is 4.98 Å². The van der Waals surface area contributed by atoms with Crippen LogP contribution in [0.25, 0.3) is 0 Å². The van der Waals surface area contributed by atoms with Crippen LogP contribution >= 0.6 is 11.3 Å². The Hall–Kier alpha value is -1.69. The fourth-order valence-corrected chi connectivity index (χ4v) is 2.32. The van der Waals surface area contributed by atoms with Crippen LogP contribution in [0.15, 0.2) is 22.2 Å². The minimum absolute atomic E-state index is 0.188. The van der Waals surface area contributed by atoms with Crippen LogP contribution in [0.1, 0.15) is 41.0 Å². The number of carbonyl (C=O) groups excluding carboxylic acids is 1. The minimum atomic E-state index is -0.188. The smallest absolute Gasteiger partial charge is 0.292 e. The van der Waals surface area contributed by atoms with Gasteiger partial charge in [-0.2, -0.15) is 0 Å². The van der Waals surface area contributed by atoms with Crippen LogP contribution in [0.5, 0.6) is 0 Å². The van der Waals surface area contributed by atoms with Crippen LogP contribution in [0, 0.1) is 0 Å². The molecule has 2 aromatic rings. The second-order valence-corrected chi connectivity index (χ2v) is 5.26. The Balaban J connectivity index is 2.02. The van der Waals surface area contributed by atoms with Gasteiger partial charge in [0.05, 0.1) is 23.4 Å². The van der Waals surface area contributed by atoms with Crippen LogP contribution in [-0.2, 0) is 6.54 Å². The van der Waals surface area contributed by atoms with Crippen molar-refractivity contribution in [3.05, 3.63) is 34.1 Å². The predicted octanol–water partition coefficient (Wildman–Crippen LogP) is 2.53. The Kier molecular flexibility index (Phi) is 3.76. The van der Waals surface area contributed by atoms with Gasteiger partial charge in [0.2, 0.25) is 5.76 Å². The van der Waals surface area contributed by atoms with Crippen molar-refractivity contribution in [3.8, 4) is 0 Å². The molecule has 96 valence electrons. The number of carbonyl (C=O) groups is 1. The average Bonchev–Trinajstić information content (AvgIpc) is 2.98. The molecule has 0 N–H and O–H groups in total. The fourth-order valence-electron chi connectivity index (χ4n) is 1.49. The van der Waals surface area contributed by atoms with Crippen molar-refractivity contribution in [2.45, 2.75) is 26.3 Å². The van der Waals surface area contributed by atoms with Crippen molar-refractivity contribution in [2.24, 2.45) is 0 Å². The van der Waals surface area contributed by atoms with Crippen LogP contribution in [0.2, 0.25) is 0 Å². The molecule has 0 saturated heterocycles. The molecule has 0 saturated carbocycles. The monoisotopic (exact) mass is 265 g/mol. The topological polar surface area (TPSA) is 59.2 Å². The molecule has 1 amide bonds. The molecule has 2 aromatic heterocycles. The van der Waals surface area contributed by atoms with Gasteiger partial charge in [0.1, 0.15) is 0 Å². The largest absolute Gasteiger partial charge is 0.351 e. The first-order valence-electron chi connectivity index (χ1n) is 5.68. The number of thiazole rings is 1. The summed E-state index contributed by atoms with van der Waals surface area (Å²) in [4.78, 5) is 18.0. The molecule has 0 aromatic carbocycles. The van der Waals surface area contributed by atoms with E-state index in [0.29, 0.717) is 12.5 Å². The van der Waals surface area contributed by atoms with E-state index in [-0.39, 0.29) is 11.7 Å². The summed E-state index contributed by atoms with van der Waals surface area (Å²) in [7, 11) is 1.72. The van der Waals surface area contributed by atoms with Gasteiger partial charge in [0, 0.05) is 24.4 Å². The molecular formula is C12H15N3O2S. The lowest BCUT2D eigenvalue weighted by Gasteiger charge is -2.13. The van der Waals surface area contributed by atoms with E-state index < -0.39 is 0 Å². The second-order valence-electron chi connectivity index (χ2n) is 4.37. The standard InChI is InChI=1S/C12H15N3O2S/c1-8(2)11-14-9(7-18-11)6-15(3)12(16)10-4-5-13-17-10/h4-5,7-8H,6H2,1-3H3. The van der Waals surface area contributed by atoms with Crippen molar-refractivity contribution in [3.63, 3.8) is 0 Å². The number of amides is 1. The van der Waals surface area contributed by atoms with E-state index in [4.69, 9.17) is 4.52 Å². The molecule has 0 unspecified atom stereocenters. The van der Waals surface area contributed by atoms with E-state index in [9.17, 15) is 4.79 Å². The molecule has 0 fully saturated rings. The van der Waals surface area contributed by atoms with Gasteiger partial charge in [-0.05, 0) is 0 Å². The number of hydrogen-bond donors (Lipinski definition) is 0. The first-order chi connectivity index (χ1) is 8.58. The number of nitrogens with zero attached hydrogens (tertiary/aromatic N) is 3. The highest BCUT2D eigenvalue weighted by Crippen LogP contribution is 2.20. The van der Waals surface area contributed by atoms with E-state index in [1.165, 1.54) is 6.20 Å². The molecule has 2 heterocycles. The molecule has 5 nitrogen and oxygen atoms in total. The normalized spacial score (nSPS) is 10.9. The summed E-state index contributed by atoms with van der Waals surface area (Å²) in [6.45, 7) is 4.68. The third kappa shape index (κ3) is 2.76. The molecule has 0 aliphatic heterocycles. The Morgan fingerprint density at radius 3 is 2.89 bits per heavy atom. The predicted molar refractivity (Wildman–Crippen MR) is 68.5 cm³/mol. The van der Waals surface area contributed by atoms with E-state index in [1.54, 1.807) is 29.4 Å². The van der Waals surface area contributed by atoms with Crippen molar-refractivity contribution in [2.75, 3.05) is 7.05 Å². The maximum atomic E-state index is 11.9. The Morgan fingerprint density at radius 2 is 2.33 bits per heavy atom. The molecule has 0 atom stereocenters. The highest BCUT2D eigenvalue weighted by molar-refractivity contribution is 7.09. The maximum Gasteiger partial charge on any atom is 0.292 e. The number of rotatable bonds is 4. The quantitative estimate of drug-likeness (QED) is 0.852. The van der Waals surface area contributed by atoms with Crippen molar-refractivity contribution < 1.29 is 9.32 Å². The highest BCUT2D eigenvalue weighted by atomic mass is 32.1. The Labute approximate surface area is 109 Å². The molecular weight excluding hydrogens is 250 g/mol. The molecule has 0 bridgehead atoms. The Bertz CT molecular complexity index is 519. The summed E-state index contributed by atoms with van der Waals surface area (Å²) in [6, 6.07) is 1.55. The fraction of sp³-hybridized carbons (Fsp3) is 0.417. The lowest BCUT2D eigenvalue weighted by Crippen LogP contribution is -2.25. The summed E-state index contributed by atoms with van der Waals surface area (Å²) in [5.74, 6) is 0.474. The second kappa shape index (κ2) is 5.30. The summed E-state index contributed by atoms with van der Waals surface area (Å²) in [5, 5.41) is 6.60. The summed E-state index contributed by atoms with van der Waals surface area (Å²) in [5.41, 5.74) is 0.902. The van der Waals surface area contributed by atoms with Crippen molar-refractivity contribution in [1.82, 2.24) is 15.0 Å². The van der Waals surface area contributed by atoms with E-state index in [1.807, 2.05) is 5.38 Å². The molecule has 18 heavy (non-hydrogen) atoms. The third-order valence-electron chi connectivity index (χ3n) is 2.46. The lowest BCUT2D eigenvalue weighted by molar-refractivity contribution is 0.0742. The van der Waals surface area contributed by atoms with Crippen LogP contribution in [0.3, 0.4) is 0 Å². The van der Waals surface area contributed by atoms with Gasteiger partial charge in [0.15, 0.2) is 0 Å². The first kappa shape index (κ1) is 12.8. The van der Waals surface area contributed by atoms with Crippen LogP contribution in [-0.4, -0.2) is 28.0 Å². The number of aromatic nitrogens is 2. The van der Waals surface area contributed by atoms with Gasteiger partial charge >= 0.3 is 0 Å². The average molecular weight is 265 g/mol. The zero-order valence-electron chi connectivity index (χ0n) is 10.6. The Morgan fingerprint density at radius 1 is 1.56 bits per heavy atom. The summed E-state index contributed by atoms with van der Waals surface area (Å²) in [6.07, 6.45) is 1.46. The van der Waals surface area contributed by atoms with Gasteiger partial charge in [0.25, 0.3) is 5.91 Å². The summed E-state index contributed by atoms with van der Waals surface area (Å²) < 4.78 is 4.84. The van der Waals surface area contributed by atoms with Gasteiger partial charge in [-0.15, -0.1) is 11.3 Å². The third-order valence-corrected chi connectivity index (χ3v) is 3.65. The molecule has 2 rings (SSSR count). The molecule has 0 aliphatic carbocycles. The SMILES string of the molecule is CC(C)c1nc(CN(C)C(=O)c2ccno2)cs1. The zero-order valence-corrected chi connectivity index (χ0v) is 11.4. The molecule has 0 aliphatic rings. The first-order valence-corrected chi connectivity index (χ1v) is 6.56. The molecule has 0 spiro atoms. The lowest BCUT2D eigenvalue weighted by atomic mass is 10.2. The van der Waals surface area contributed by atoms with E-state index >= 15 is 0 Å².